The third-order valence-corrected chi connectivity index (χ3v) is 4.85. The Labute approximate surface area is 159 Å². The van der Waals surface area contributed by atoms with Crippen molar-refractivity contribution in [3.8, 4) is 0 Å². The molecule has 0 saturated heterocycles. The number of hydrogen-bond donors (Lipinski definition) is 1. The molecule has 1 N–H and O–H groups in total. The highest BCUT2D eigenvalue weighted by Crippen LogP contribution is 2.10. The summed E-state index contributed by atoms with van der Waals surface area (Å²) in [6.07, 6.45) is 0.227. The fraction of sp³-hybridized carbons (Fsp3) is 0.867. The third kappa shape index (κ3) is 12.5. The Morgan fingerprint density at radius 2 is 1.77 bits per heavy atom. The summed E-state index contributed by atoms with van der Waals surface area (Å²) in [6.45, 7) is 8.20. The summed E-state index contributed by atoms with van der Waals surface area (Å²) in [6, 6.07) is -1.08. The van der Waals surface area contributed by atoms with Gasteiger partial charge in [-0.25, -0.2) is 22.8 Å². The molecule has 0 aromatic carbocycles. The summed E-state index contributed by atoms with van der Waals surface area (Å²) < 4.78 is 40.9. The van der Waals surface area contributed by atoms with E-state index in [-0.39, 0.29) is 24.4 Å². The molecule has 0 fully saturated rings. The van der Waals surface area contributed by atoms with Gasteiger partial charge in [0.1, 0.15) is 6.04 Å². The molecule has 0 spiro atoms. The predicted octanol–water partition coefficient (Wildman–Crippen LogP) is 1.43. The van der Waals surface area contributed by atoms with Crippen LogP contribution in [0.2, 0.25) is 0 Å². The lowest BCUT2D eigenvalue weighted by Crippen LogP contribution is -2.46. The van der Waals surface area contributed by atoms with Crippen LogP contribution < -0.4 is 4.72 Å². The Morgan fingerprint density at radius 3 is 2.31 bits per heavy atom. The maximum atomic E-state index is 12.1. The fourth-order valence-electron chi connectivity index (χ4n) is 1.58. The zero-order valence-corrected chi connectivity index (χ0v) is 17.5. The van der Waals surface area contributed by atoms with Crippen LogP contribution in [0.25, 0.3) is 0 Å². The molecule has 0 saturated carbocycles. The van der Waals surface area contributed by atoms with Gasteiger partial charge in [-0.05, 0) is 33.1 Å². The van der Waals surface area contributed by atoms with Gasteiger partial charge in [0.15, 0.2) is 6.61 Å². The summed E-state index contributed by atoms with van der Waals surface area (Å²) in [7, 11) is -3.70. The van der Waals surface area contributed by atoms with E-state index in [4.69, 9.17) is 14.0 Å². The molecule has 0 aliphatic rings. The molecule has 26 heavy (non-hydrogen) atoms. The van der Waals surface area contributed by atoms with Crippen LogP contribution in [-0.2, 0) is 38.3 Å². The van der Waals surface area contributed by atoms with Gasteiger partial charge in [0.05, 0.1) is 18.5 Å². The quantitative estimate of drug-likeness (QED) is 0.148. The molecule has 0 radical (unpaired) electrons. The van der Waals surface area contributed by atoms with Crippen LogP contribution in [0.15, 0.2) is 0 Å². The summed E-state index contributed by atoms with van der Waals surface area (Å²) >= 11 is 1.01. The summed E-state index contributed by atoms with van der Waals surface area (Å²) in [5, 5.41) is 0. The topological polar surface area (TPSA) is 117 Å². The first kappa shape index (κ1) is 25.1. The zero-order valence-electron chi connectivity index (χ0n) is 15.9. The highest BCUT2D eigenvalue weighted by molar-refractivity contribution is 7.94. The summed E-state index contributed by atoms with van der Waals surface area (Å²) in [5.74, 6) is -1.63. The maximum absolute atomic E-state index is 12.1. The van der Waals surface area contributed by atoms with E-state index in [1.807, 2.05) is 13.8 Å². The minimum Gasteiger partial charge on any atom is -0.463 e. The first-order valence-electron chi connectivity index (χ1n) is 8.36. The molecule has 11 heteroatoms. The molecule has 1 unspecified atom stereocenters. The smallest absolute Gasteiger partial charge is 0.344 e. The molecule has 0 bridgehead atoms. The predicted molar refractivity (Wildman–Crippen MR) is 97.5 cm³/mol. The second kappa shape index (κ2) is 13.3. The van der Waals surface area contributed by atoms with E-state index >= 15 is 0 Å². The Balaban J connectivity index is 4.40. The van der Waals surface area contributed by atoms with Crippen molar-refractivity contribution in [2.75, 3.05) is 24.7 Å². The molecular formula is C15H29NO8S2. The molecule has 0 heterocycles. The Kier molecular flexibility index (Phi) is 12.9. The SMILES string of the molecule is CCOC(=O)COC(=O)C(NS(=O)(=O)CCCSOOC(C)C)C(C)C. The number of sulfonamides is 1. The van der Waals surface area contributed by atoms with Crippen molar-refractivity contribution < 1.29 is 36.7 Å². The molecule has 9 nitrogen and oxygen atoms in total. The van der Waals surface area contributed by atoms with Crippen LogP contribution in [0, 0.1) is 5.92 Å². The number of rotatable bonds is 14. The molecule has 0 rings (SSSR count). The van der Waals surface area contributed by atoms with Crippen LogP contribution in [0.4, 0.5) is 0 Å². The second-order valence-corrected chi connectivity index (χ2v) is 8.61. The van der Waals surface area contributed by atoms with Gasteiger partial charge in [0.2, 0.25) is 10.0 Å². The van der Waals surface area contributed by atoms with Gasteiger partial charge in [-0.3, -0.25) is 4.79 Å². The van der Waals surface area contributed by atoms with Crippen molar-refractivity contribution in [3.05, 3.63) is 0 Å². The van der Waals surface area contributed by atoms with Gasteiger partial charge in [0, 0.05) is 17.8 Å². The third-order valence-electron chi connectivity index (χ3n) is 2.79. The number of carbonyl (C=O) groups excluding carboxylic acids is 2. The monoisotopic (exact) mass is 415 g/mol. The van der Waals surface area contributed by atoms with Crippen LogP contribution in [0.3, 0.4) is 0 Å². The summed E-state index contributed by atoms with van der Waals surface area (Å²) in [5.41, 5.74) is 0. The maximum Gasteiger partial charge on any atom is 0.344 e. The lowest BCUT2D eigenvalue weighted by atomic mass is 10.1. The minimum absolute atomic E-state index is 0.0830. The van der Waals surface area contributed by atoms with Gasteiger partial charge in [-0.1, -0.05) is 13.8 Å². The highest BCUT2D eigenvalue weighted by Gasteiger charge is 2.29. The second-order valence-electron chi connectivity index (χ2n) is 5.96. The minimum atomic E-state index is -3.70. The fourth-order valence-corrected chi connectivity index (χ4v) is 3.70. The molecule has 0 aromatic rings. The average molecular weight is 416 g/mol. The van der Waals surface area contributed by atoms with Crippen LogP contribution in [0.5, 0.6) is 0 Å². The lowest BCUT2D eigenvalue weighted by Gasteiger charge is -2.20. The van der Waals surface area contributed by atoms with E-state index in [1.165, 1.54) is 0 Å². The van der Waals surface area contributed by atoms with Gasteiger partial charge < -0.3 is 9.47 Å². The number of ether oxygens (including phenoxy) is 2. The van der Waals surface area contributed by atoms with Gasteiger partial charge in [-0.15, -0.1) is 0 Å². The van der Waals surface area contributed by atoms with Crippen LogP contribution >= 0.6 is 12.0 Å². The van der Waals surface area contributed by atoms with Crippen molar-refractivity contribution >= 4 is 34.0 Å². The number of carbonyl (C=O) groups is 2. The van der Waals surface area contributed by atoms with E-state index in [0.29, 0.717) is 12.2 Å². The van der Waals surface area contributed by atoms with Crippen molar-refractivity contribution in [3.63, 3.8) is 0 Å². The van der Waals surface area contributed by atoms with E-state index in [1.54, 1.807) is 20.8 Å². The van der Waals surface area contributed by atoms with E-state index in [0.717, 1.165) is 12.0 Å². The first-order chi connectivity index (χ1) is 12.1. The van der Waals surface area contributed by atoms with E-state index in [2.05, 4.69) is 9.46 Å². The van der Waals surface area contributed by atoms with Crippen LogP contribution in [-0.4, -0.2) is 57.2 Å². The van der Waals surface area contributed by atoms with Crippen molar-refractivity contribution in [1.82, 2.24) is 4.72 Å². The summed E-state index contributed by atoms with van der Waals surface area (Å²) in [4.78, 5) is 28.1. The van der Waals surface area contributed by atoms with E-state index in [9.17, 15) is 18.0 Å². The van der Waals surface area contributed by atoms with Gasteiger partial charge in [-0.2, -0.15) is 4.33 Å². The standard InChI is InChI=1S/C15H29NO8S2/c1-6-21-13(17)10-22-15(18)14(11(2)3)16-26(19,20)9-7-8-25-24-23-12(4)5/h11-12,14,16H,6-10H2,1-5H3. The van der Waals surface area contributed by atoms with Crippen molar-refractivity contribution in [2.45, 2.75) is 53.2 Å². The lowest BCUT2D eigenvalue weighted by molar-refractivity contribution is -0.220. The molecule has 0 aliphatic heterocycles. The Hall–Kier alpha value is -0.880. The molecule has 154 valence electrons. The normalized spacial score (nSPS) is 13.0. The molecule has 1 atom stereocenters. The van der Waals surface area contributed by atoms with Crippen molar-refractivity contribution in [1.29, 1.82) is 0 Å². The number of hydrogen-bond acceptors (Lipinski definition) is 9. The van der Waals surface area contributed by atoms with Crippen molar-refractivity contribution in [2.24, 2.45) is 5.92 Å². The molecule has 0 amide bonds. The molecule has 0 aromatic heterocycles. The Morgan fingerprint density at radius 1 is 1.12 bits per heavy atom. The van der Waals surface area contributed by atoms with E-state index < -0.39 is 34.6 Å². The largest absolute Gasteiger partial charge is 0.463 e. The zero-order chi connectivity index (χ0) is 20.2. The molecule has 0 aliphatic carbocycles. The highest BCUT2D eigenvalue weighted by atomic mass is 32.2. The van der Waals surface area contributed by atoms with Gasteiger partial charge >= 0.3 is 11.9 Å². The number of nitrogens with one attached hydrogen (secondary N) is 1. The Bertz CT molecular complexity index is 522. The van der Waals surface area contributed by atoms with Gasteiger partial charge in [0.25, 0.3) is 0 Å². The molecular weight excluding hydrogens is 386 g/mol. The average Bonchev–Trinajstić information content (AvgIpc) is 2.53. The number of esters is 2. The first-order valence-corrected chi connectivity index (χ1v) is 10.9. The van der Waals surface area contributed by atoms with Crippen LogP contribution in [0.1, 0.15) is 41.0 Å².